The minimum absolute atomic E-state index is 0.925. The molecule has 1 rings (SSSR count). The molecule has 9 heteroatoms. The van der Waals surface area contributed by atoms with Crippen LogP contribution in [0.25, 0.3) is 0 Å². The van der Waals surface area contributed by atoms with Crippen molar-refractivity contribution in [3.05, 3.63) is 0 Å². The maximum Gasteiger partial charge on any atom is 0.401 e. The minimum Gasteiger partial charge on any atom is -0.481 e. The summed E-state index contributed by atoms with van der Waals surface area (Å²) in [5.74, 6) is -7.19. The van der Waals surface area contributed by atoms with Gasteiger partial charge in [0.2, 0.25) is 0 Å². The number of halogens is 6. The van der Waals surface area contributed by atoms with Crippen LogP contribution in [0.3, 0.4) is 0 Å². The van der Waals surface area contributed by atoms with Gasteiger partial charge in [-0.15, -0.1) is 0 Å². The summed E-state index contributed by atoms with van der Waals surface area (Å²) in [6, 6.07) is 0. The van der Waals surface area contributed by atoms with E-state index >= 15 is 0 Å². The van der Waals surface area contributed by atoms with Crippen molar-refractivity contribution < 1.29 is 41.0 Å². The third-order valence-electron chi connectivity index (χ3n) is 2.66. The number of hydrogen-bond donors (Lipinski definition) is 1. The lowest BCUT2D eigenvalue weighted by molar-refractivity contribution is -0.318. The van der Waals surface area contributed by atoms with Crippen LogP contribution < -0.4 is 0 Å². The van der Waals surface area contributed by atoms with Gasteiger partial charge in [-0.05, 0) is 0 Å². The summed E-state index contributed by atoms with van der Waals surface area (Å²) in [6.45, 7) is 0. The molecular weight excluding hydrogens is 258 g/mol. The molecule has 0 bridgehead atoms. The second kappa shape index (κ2) is 3.61. The minimum atomic E-state index is -5.75. The van der Waals surface area contributed by atoms with Gasteiger partial charge in [0.05, 0.1) is 0 Å². The third-order valence-corrected chi connectivity index (χ3v) is 2.66. The van der Waals surface area contributed by atoms with Crippen molar-refractivity contribution in [2.24, 2.45) is 11.3 Å². The van der Waals surface area contributed by atoms with E-state index in [-0.39, 0.29) is 0 Å². The maximum absolute atomic E-state index is 12.3. The molecule has 0 heterocycles. The average molecular weight is 264 g/mol. The lowest BCUT2D eigenvalue weighted by atomic mass is 9.59. The van der Waals surface area contributed by atoms with Gasteiger partial charge in [0.25, 0.3) is 0 Å². The highest BCUT2D eigenvalue weighted by Crippen LogP contribution is 2.57. The zero-order valence-electron chi connectivity index (χ0n) is 8.02. The van der Waals surface area contributed by atoms with Crippen molar-refractivity contribution in [3.8, 4) is 0 Å². The van der Waals surface area contributed by atoms with Crippen LogP contribution in [0.1, 0.15) is 12.8 Å². The molecule has 1 N–H and O–H groups in total. The molecule has 1 aliphatic carbocycles. The summed E-state index contributed by atoms with van der Waals surface area (Å²) in [5, 5.41) is 8.55. The number of hydrogen-bond acceptors (Lipinski definition) is 2. The van der Waals surface area contributed by atoms with Crippen molar-refractivity contribution in [1.82, 2.24) is 0 Å². The fourth-order valence-electron chi connectivity index (χ4n) is 1.94. The average Bonchev–Trinajstić information content (AvgIpc) is 1.94. The molecule has 98 valence electrons. The second-order valence-electron chi connectivity index (χ2n) is 3.87. The number of carboxylic acids is 1. The maximum atomic E-state index is 12.3. The van der Waals surface area contributed by atoms with Gasteiger partial charge in [-0.25, -0.2) is 0 Å². The summed E-state index contributed by atoms with van der Waals surface area (Å²) in [6.07, 6.45) is -14.0. The van der Waals surface area contributed by atoms with Crippen LogP contribution in [0.5, 0.6) is 0 Å². The number of carbonyl (C=O) groups is 2. The van der Waals surface area contributed by atoms with Gasteiger partial charge >= 0.3 is 18.3 Å². The Morgan fingerprint density at radius 1 is 1.12 bits per heavy atom. The van der Waals surface area contributed by atoms with E-state index < -0.39 is 48.3 Å². The summed E-state index contributed by atoms with van der Waals surface area (Å²) in [5.41, 5.74) is -3.10. The van der Waals surface area contributed by atoms with E-state index in [0.29, 0.717) is 0 Å². The lowest BCUT2D eigenvalue weighted by Gasteiger charge is -2.43. The number of alkyl halides is 6. The number of carboxylic acid groups (broad SMARTS) is 1. The first-order valence-corrected chi connectivity index (χ1v) is 4.30. The van der Waals surface area contributed by atoms with E-state index in [1.807, 2.05) is 0 Å². The highest BCUT2D eigenvalue weighted by atomic mass is 19.4. The standard InChI is InChI=1S/C8H6F6O3/c9-7(10,11)4(8(12,13)14)6(5(16)17)1-3(15)2-6/h4H,1-2H2,(H,16,17). The molecule has 0 aromatic carbocycles. The Bertz CT molecular complexity index is 333. The van der Waals surface area contributed by atoms with Crippen LogP contribution in [-0.4, -0.2) is 29.2 Å². The molecule has 0 atom stereocenters. The molecule has 0 radical (unpaired) electrons. The summed E-state index contributed by atoms with van der Waals surface area (Å²) in [4.78, 5) is 21.2. The fraction of sp³-hybridized carbons (Fsp3) is 0.750. The topological polar surface area (TPSA) is 54.4 Å². The van der Waals surface area contributed by atoms with Gasteiger partial charge in [0.1, 0.15) is 11.2 Å². The van der Waals surface area contributed by atoms with Crippen LogP contribution >= 0.6 is 0 Å². The van der Waals surface area contributed by atoms with Crippen molar-refractivity contribution in [1.29, 1.82) is 0 Å². The molecule has 1 fully saturated rings. The van der Waals surface area contributed by atoms with E-state index in [2.05, 4.69) is 0 Å². The van der Waals surface area contributed by atoms with Crippen LogP contribution in [0, 0.1) is 11.3 Å². The zero-order valence-corrected chi connectivity index (χ0v) is 8.02. The molecule has 0 aliphatic heterocycles. The van der Waals surface area contributed by atoms with Gasteiger partial charge in [-0.1, -0.05) is 0 Å². The van der Waals surface area contributed by atoms with E-state index in [1.54, 1.807) is 0 Å². The Balaban J connectivity index is 3.22. The first-order chi connectivity index (χ1) is 7.41. The highest BCUT2D eigenvalue weighted by Gasteiger charge is 2.72. The van der Waals surface area contributed by atoms with E-state index in [0.717, 1.165) is 0 Å². The molecule has 3 nitrogen and oxygen atoms in total. The molecule has 1 saturated carbocycles. The number of aliphatic carboxylic acids is 1. The molecule has 17 heavy (non-hydrogen) atoms. The quantitative estimate of drug-likeness (QED) is 0.777. The normalized spacial score (nSPS) is 20.3. The predicted molar refractivity (Wildman–Crippen MR) is 39.9 cm³/mol. The van der Waals surface area contributed by atoms with Gasteiger partial charge in [0.15, 0.2) is 5.92 Å². The number of ketones is 1. The molecule has 0 saturated heterocycles. The van der Waals surface area contributed by atoms with Crippen molar-refractivity contribution in [2.75, 3.05) is 0 Å². The van der Waals surface area contributed by atoms with E-state index in [4.69, 9.17) is 5.11 Å². The Hall–Kier alpha value is -1.28. The molecule has 0 aromatic rings. The molecule has 0 spiro atoms. The Morgan fingerprint density at radius 3 is 1.65 bits per heavy atom. The summed E-state index contributed by atoms with van der Waals surface area (Å²) in [7, 11) is 0. The van der Waals surface area contributed by atoms with Crippen molar-refractivity contribution in [3.63, 3.8) is 0 Å². The lowest BCUT2D eigenvalue weighted by Crippen LogP contribution is -2.59. The van der Waals surface area contributed by atoms with Crippen LogP contribution in [-0.2, 0) is 9.59 Å². The highest BCUT2D eigenvalue weighted by molar-refractivity contribution is 5.97. The van der Waals surface area contributed by atoms with E-state index in [1.165, 1.54) is 0 Å². The summed E-state index contributed by atoms with van der Waals surface area (Å²) >= 11 is 0. The smallest absolute Gasteiger partial charge is 0.401 e. The largest absolute Gasteiger partial charge is 0.481 e. The number of Topliss-reactive ketones (excluding diaryl/α,β-unsaturated/α-hetero) is 1. The predicted octanol–water partition coefficient (Wildman–Crippen LogP) is 2.16. The first kappa shape index (κ1) is 13.8. The Kier molecular flexibility index (Phi) is 2.92. The van der Waals surface area contributed by atoms with Gasteiger partial charge in [0, 0.05) is 12.8 Å². The number of rotatable bonds is 2. The summed E-state index contributed by atoms with van der Waals surface area (Å²) < 4.78 is 73.9. The third kappa shape index (κ3) is 2.22. The molecule has 0 unspecified atom stereocenters. The van der Waals surface area contributed by atoms with Crippen molar-refractivity contribution in [2.45, 2.75) is 25.2 Å². The van der Waals surface area contributed by atoms with Gasteiger partial charge < -0.3 is 5.11 Å². The number of carbonyl (C=O) groups excluding carboxylic acids is 1. The van der Waals surface area contributed by atoms with Crippen LogP contribution in [0.2, 0.25) is 0 Å². The molecular formula is C8H6F6O3. The zero-order chi connectivity index (χ0) is 13.6. The second-order valence-corrected chi connectivity index (χ2v) is 3.87. The SMILES string of the molecule is O=C1CC(C(=O)O)(C(C(F)(F)F)C(F)(F)F)C1. The fourth-order valence-corrected chi connectivity index (χ4v) is 1.94. The monoisotopic (exact) mass is 264 g/mol. The van der Waals surface area contributed by atoms with Crippen molar-refractivity contribution >= 4 is 11.8 Å². The Morgan fingerprint density at radius 2 is 1.47 bits per heavy atom. The van der Waals surface area contributed by atoms with Gasteiger partial charge in [-0.2, -0.15) is 26.3 Å². The van der Waals surface area contributed by atoms with Crippen LogP contribution in [0.4, 0.5) is 26.3 Å². The Labute approximate surface area is 90.4 Å². The van der Waals surface area contributed by atoms with E-state index in [9.17, 15) is 35.9 Å². The molecule has 1 aliphatic rings. The molecule has 0 amide bonds. The molecule has 0 aromatic heterocycles. The first-order valence-electron chi connectivity index (χ1n) is 4.30. The van der Waals surface area contributed by atoms with Gasteiger partial charge in [-0.3, -0.25) is 9.59 Å². The van der Waals surface area contributed by atoms with Crippen LogP contribution in [0.15, 0.2) is 0 Å².